The van der Waals surface area contributed by atoms with Crippen molar-refractivity contribution in [2.24, 2.45) is 12.0 Å². The number of benzene rings is 1. The minimum absolute atomic E-state index is 0.281. The topological polar surface area (TPSA) is 76.3 Å². The van der Waals surface area contributed by atoms with E-state index in [1.54, 1.807) is 28.9 Å². The molecule has 1 aliphatic heterocycles. The number of hydrogen-bond donors (Lipinski definition) is 1. The van der Waals surface area contributed by atoms with Gasteiger partial charge < -0.3 is 0 Å². The van der Waals surface area contributed by atoms with Crippen molar-refractivity contribution in [3.05, 3.63) is 46.8 Å². The Morgan fingerprint density at radius 1 is 1.29 bits per heavy atom. The van der Waals surface area contributed by atoms with Gasteiger partial charge in [0.15, 0.2) is 0 Å². The number of rotatable bonds is 2. The Bertz CT molecular complexity index is 850. The molecule has 0 amide bonds. The molecule has 0 atom stereocenters. The molecule has 1 aromatic carbocycles. The van der Waals surface area contributed by atoms with Crippen LogP contribution in [0.3, 0.4) is 0 Å². The molecule has 1 N–H and O–H groups in total. The quantitative estimate of drug-likeness (QED) is 0.908. The SMILES string of the molecule is Cc1nn(C)c(C)c1CN=C1NS(=O)(=O)c2ccccc21. The monoisotopic (exact) mass is 304 g/mol. The number of nitrogens with one attached hydrogen (secondary N) is 1. The lowest BCUT2D eigenvalue weighted by Gasteiger charge is -2.01. The van der Waals surface area contributed by atoms with Gasteiger partial charge in [-0.2, -0.15) is 5.10 Å². The van der Waals surface area contributed by atoms with Gasteiger partial charge in [-0.25, -0.2) is 8.42 Å². The van der Waals surface area contributed by atoms with Crippen LogP contribution in [0.5, 0.6) is 0 Å². The zero-order chi connectivity index (χ0) is 15.2. The van der Waals surface area contributed by atoms with Crippen molar-refractivity contribution < 1.29 is 8.42 Å². The second kappa shape index (κ2) is 4.70. The zero-order valence-corrected chi connectivity index (χ0v) is 12.9. The van der Waals surface area contributed by atoms with Crippen LogP contribution in [0.2, 0.25) is 0 Å². The Morgan fingerprint density at radius 3 is 2.67 bits per heavy atom. The minimum atomic E-state index is -3.48. The van der Waals surface area contributed by atoms with Gasteiger partial charge in [0.25, 0.3) is 10.0 Å². The third-order valence-corrected chi connectivity index (χ3v) is 5.11. The van der Waals surface area contributed by atoms with Gasteiger partial charge in [0.2, 0.25) is 0 Å². The number of aromatic nitrogens is 2. The average molecular weight is 304 g/mol. The van der Waals surface area contributed by atoms with Crippen LogP contribution in [0.1, 0.15) is 22.5 Å². The molecule has 2 aromatic rings. The number of fused-ring (bicyclic) bond motifs is 1. The van der Waals surface area contributed by atoms with Gasteiger partial charge in [0, 0.05) is 23.9 Å². The van der Waals surface area contributed by atoms with Crippen molar-refractivity contribution in [1.29, 1.82) is 0 Å². The standard InChI is InChI=1S/C14H16N4O2S/c1-9-12(10(2)18(3)16-9)8-15-14-11-6-4-5-7-13(11)21(19,20)17-14/h4-7H,8H2,1-3H3,(H,15,17). The highest BCUT2D eigenvalue weighted by Gasteiger charge is 2.30. The van der Waals surface area contributed by atoms with E-state index in [1.807, 2.05) is 20.9 Å². The van der Waals surface area contributed by atoms with Gasteiger partial charge in [0.1, 0.15) is 5.84 Å². The van der Waals surface area contributed by atoms with Crippen LogP contribution in [0.4, 0.5) is 0 Å². The first-order valence-corrected chi connectivity index (χ1v) is 8.04. The van der Waals surface area contributed by atoms with Crippen LogP contribution in [0.25, 0.3) is 0 Å². The number of hydrogen-bond acceptors (Lipinski definition) is 4. The first-order valence-electron chi connectivity index (χ1n) is 6.56. The predicted molar refractivity (Wildman–Crippen MR) is 79.7 cm³/mol. The number of sulfonamides is 1. The van der Waals surface area contributed by atoms with Crippen LogP contribution in [0.15, 0.2) is 34.2 Å². The number of aryl methyl sites for hydroxylation is 2. The van der Waals surface area contributed by atoms with E-state index in [2.05, 4.69) is 14.8 Å². The highest BCUT2D eigenvalue weighted by atomic mass is 32.2. The highest BCUT2D eigenvalue weighted by Crippen LogP contribution is 2.23. The van der Waals surface area contributed by atoms with E-state index < -0.39 is 10.0 Å². The molecule has 21 heavy (non-hydrogen) atoms. The Labute approximate surface area is 123 Å². The summed E-state index contributed by atoms with van der Waals surface area (Å²) in [5.41, 5.74) is 3.59. The van der Waals surface area contributed by atoms with E-state index in [9.17, 15) is 8.42 Å². The van der Waals surface area contributed by atoms with Crippen LogP contribution in [0, 0.1) is 13.8 Å². The molecule has 0 aliphatic carbocycles. The van der Waals surface area contributed by atoms with Crippen molar-refractivity contribution in [3.8, 4) is 0 Å². The number of aliphatic imine (C=N–C) groups is 1. The first-order chi connectivity index (χ1) is 9.90. The average Bonchev–Trinajstić information content (AvgIpc) is 2.84. The van der Waals surface area contributed by atoms with Crippen LogP contribution < -0.4 is 4.72 Å². The van der Waals surface area contributed by atoms with Crippen LogP contribution >= 0.6 is 0 Å². The van der Waals surface area contributed by atoms with Gasteiger partial charge >= 0.3 is 0 Å². The fraction of sp³-hybridized carbons (Fsp3) is 0.286. The summed E-state index contributed by atoms with van der Waals surface area (Å²) in [6.07, 6.45) is 0. The summed E-state index contributed by atoms with van der Waals surface area (Å²) in [6, 6.07) is 6.85. The van der Waals surface area contributed by atoms with E-state index >= 15 is 0 Å². The van der Waals surface area contributed by atoms with Gasteiger partial charge in [-0.3, -0.25) is 14.4 Å². The Hall–Kier alpha value is -2.15. The van der Waals surface area contributed by atoms with Crippen molar-refractivity contribution >= 4 is 15.9 Å². The van der Waals surface area contributed by atoms with E-state index in [0.29, 0.717) is 17.9 Å². The molecule has 0 spiro atoms. The maximum Gasteiger partial charge on any atom is 0.263 e. The molecule has 1 aliphatic rings. The lowest BCUT2D eigenvalue weighted by Crippen LogP contribution is -2.22. The number of amidine groups is 1. The summed E-state index contributed by atoms with van der Waals surface area (Å²) >= 11 is 0. The van der Waals surface area contributed by atoms with Crippen LogP contribution in [-0.2, 0) is 23.6 Å². The fourth-order valence-electron chi connectivity index (χ4n) is 2.46. The normalized spacial score (nSPS) is 17.8. The van der Waals surface area contributed by atoms with Crippen molar-refractivity contribution in [1.82, 2.24) is 14.5 Å². The molecule has 7 heteroatoms. The maximum atomic E-state index is 12.0. The Kier molecular flexibility index (Phi) is 3.09. The van der Waals surface area contributed by atoms with E-state index in [4.69, 9.17) is 0 Å². The molecule has 110 valence electrons. The van der Waals surface area contributed by atoms with E-state index in [0.717, 1.165) is 17.0 Å². The molecule has 0 unspecified atom stereocenters. The third kappa shape index (κ3) is 2.23. The van der Waals surface area contributed by atoms with Gasteiger partial charge in [-0.05, 0) is 26.0 Å². The van der Waals surface area contributed by atoms with E-state index in [1.165, 1.54) is 0 Å². The summed E-state index contributed by atoms with van der Waals surface area (Å²) < 4.78 is 28.3. The molecule has 1 aromatic heterocycles. The molecular formula is C14H16N4O2S. The first kappa shape index (κ1) is 13.8. The van der Waals surface area contributed by atoms with Gasteiger partial charge in [-0.1, -0.05) is 12.1 Å². The molecule has 0 bridgehead atoms. The lowest BCUT2D eigenvalue weighted by molar-refractivity contribution is 0.595. The van der Waals surface area contributed by atoms with Crippen molar-refractivity contribution in [2.45, 2.75) is 25.3 Å². The second-order valence-electron chi connectivity index (χ2n) is 5.04. The maximum absolute atomic E-state index is 12.0. The smallest absolute Gasteiger partial charge is 0.263 e. The van der Waals surface area contributed by atoms with Gasteiger partial charge in [-0.15, -0.1) is 0 Å². The van der Waals surface area contributed by atoms with E-state index in [-0.39, 0.29) is 4.90 Å². The molecule has 0 saturated heterocycles. The molecule has 6 nitrogen and oxygen atoms in total. The minimum Gasteiger partial charge on any atom is -0.272 e. The van der Waals surface area contributed by atoms with Crippen LogP contribution in [-0.4, -0.2) is 24.0 Å². The third-order valence-electron chi connectivity index (χ3n) is 3.72. The Morgan fingerprint density at radius 2 is 2.00 bits per heavy atom. The number of nitrogens with zero attached hydrogens (tertiary/aromatic N) is 3. The molecule has 0 radical (unpaired) electrons. The largest absolute Gasteiger partial charge is 0.272 e. The molecular weight excluding hydrogens is 288 g/mol. The Balaban J connectivity index is 1.99. The lowest BCUT2D eigenvalue weighted by atomic mass is 10.2. The summed E-state index contributed by atoms with van der Waals surface area (Å²) in [5, 5.41) is 4.34. The molecule has 0 saturated carbocycles. The summed E-state index contributed by atoms with van der Waals surface area (Å²) in [6.45, 7) is 4.30. The highest BCUT2D eigenvalue weighted by molar-refractivity contribution is 7.90. The summed E-state index contributed by atoms with van der Waals surface area (Å²) in [5.74, 6) is 0.397. The molecule has 3 rings (SSSR count). The summed E-state index contributed by atoms with van der Waals surface area (Å²) in [7, 11) is -1.59. The van der Waals surface area contributed by atoms with Crippen molar-refractivity contribution in [3.63, 3.8) is 0 Å². The molecule has 0 fully saturated rings. The van der Waals surface area contributed by atoms with Crippen molar-refractivity contribution in [2.75, 3.05) is 0 Å². The second-order valence-corrected chi connectivity index (χ2v) is 6.69. The zero-order valence-electron chi connectivity index (χ0n) is 12.1. The fourth-order valence-corrected chi connectivity index (χ4v) is 3.71. The molecule has 2 heterocycles. The van der Waals surface area contributed by atoms with Gasteiger partial charge in [0.05, 0.1) is 17.1 Å². The summed E-state index contributed by atoms with van der Waals surface area (Å²) in [4.78, 5) is 4.72. The predicted octanol–water partition coefficient (Wildman–Crippen LogP) is 1.28.